The molecular weight excluding hydrogens is 348 g/mol. The molecule has 7 nitrogen and oxygen atoms in total. The first kappa shape index (κ1) is 21.9. The number of hydrogen-bond donors (Lipinski definition) is 2. The Balaban J connectivity index is 1.61. The molecule has 154 valence electrons. The summed E-state index contributed by atoms with van der Waals surface area (Å²) in [6.07, 6.45) is -0.857. The molecule has 0 spiro atoms. The van der Waals surface area contributed by atoms with Gasteiger partial charge < -0.3 is 24.4 Å². The zero-order valence-corrected chi connectivity index (χ0v) is 16.7. The minimum absolute atomic E-state index is 0.137. The van der Waals surface area contributed by atoms with Gasteiger partial charge in [-0.2, -0.15) is 0 Å². The summed E-state index contributed by atoms with van der Waals surface area (Å²) in [6.45, 7) is 9.29. The molecule has 1 fully saturated rings. The Labute approximate surface area is 162 Å². The molecule has 2 rings (SSSR count). The molecular formula is C20H34N2O5. The van der Waals surface area contributed by atoms with Crippen molar-refractivity contribution in [3.63, 3.8) is 0 Å². The van der Waals surface area contributed by atoms with Crippen molar-refractivity contribution in [3.8, 4) is 11.5 Å². The van der Waals surface area contributed by atoms with Crippen molar-refractivity contribution < 1.29 is 24.4 Å². The van der Waals surface area contributed by atoms with E-state index in [1.807, 2.05) is 38.1 Å². The Morgan fingerprint density at radius 1 is 0.852 bits per heavy atom. The molecule has 1 aromatic rings. The van der Waals surface area contributed by atoms with Crippen LogP contribution >= 0.6 is 0 Å². The lowest BCUT2D eigenvalue weighted by Crippen LogP contribution is -2.51. The van der Waals surface area contributed by atoms with Gasteiger partial charge in [0.25, 0.3) is 0 Å². The van der Waals surface area contributed by atoms with Gasteiger partial charge in [-0.15, -0.1) is 0 Å². The van der Waals surface area contributed by atoms with Crippen LogP contribution in [-0.2, 0) is 4.74 Å². The Kier molecular flexibility index (Phi) is 9.30. The van der Waals surface area contributed by atoms with Crippen molar-refractivity contribution in [2.24, 2.45) is 0 Å². The molecule has 1 aromatic carbocycles. The first-order valence-electron chi connectivity index (χ1n) is 9.65. The number of hydrogen-bond acceptors (Lipinski definition) is 7. The minimum Gasteiger partial charge on any atom is -0.497 e. The lowest BCUT2D eigenvalue weighted by molar-refractivity contribution is -0.0176. The fourth-order valence-corrected chi connectivity index (χ4v) is 3.02. The van der Waals surface area contributed by atoms with Gasteiger partial charge in [0.15, 0.2) is 0 Å². The third-order valence-corrected chi connectivity index (χ3v) is 4.53. The molecule has 0 unspecified atom stereocenters. The van der Waals surface area contributed by atoms with Crippen molar-refractivity contribution in [2.75, 3.05) is 59.6 Å². The van der Waals surface area contributed by atoms with Crippen LogP contribution in [-0.4, -0.2) is 97.9 Å². The molecule has 1 heterocycles. The van der Waals surface area contributed by atoms with Crippen LogP contribution in [0.3, 0.4) is 0 Å². The standard InChI is InChI=1S/C20H34N2O5/c1-16(2)26-14-17(23)12-21-8-10-22(11-9-21)13-18(24)15-27-20-6-4-19(25-3)5-7-20/h4-7,16-18,23-24H,8-15H2,1-3H3/t17-,18+/m1/s1. The average molecular weight is 383 g/mol. The summed E-state index contributed by atoms with van der Waals surface area (Å²) in [6, 6.07) is 7.33. The lowest BCUT2D eigenvalue weighted by Gasteiger charge is -2.36. The van der Waals surface area contributed by atoms with Gasteiger partial charge in [0.2, 0.25) is 0 Å². The van der Waals surface area contributed by atoms with E-state index in [1.54, 1.807) is 7.11 Å². The van der Waals surface area contributed by atoms with E-state index in [-0.39, 0.29) is 12.7 Å². The Bertz CT molecular complexity index is 518. The molecule has 27 heavy (non-hydrogen) atoms. The molecule has 7 heteroatoms. The summed E-state index contributed by atoms with van der Waals surface area (Å²) in [5.41, 5.74) is 0. The molecule has 0 aromatic heterocycles. The summed E-state index contributed by atoms with van der Waals surface area (Å²) in [4.78, 5) is 4.47. The topological polar surface area (TPSA) is 74.6 Å². The second-order valence-electron chi connectivity index (χ2n) is 7.28. The van der Waals surface area contributed by atoms with E-state index >= 15 is 0 Å². The molecule has 0 amide bonds. The Morgan fingerprint density at radius 3 is 1.81 bits per heavy atom. The highest BCUT2D eigenvalue weighted by molar-refractivity contribution is 5.31. The number of methoxy groups -OCH3 is 1. The first-order valence-corrected chi connectivity index (χ1v) is 9.65. The molecule has 1 saturated heterocycles. The number of ether oxygens (including phenoxy) is 3. The van der Waals surface area contributed by atoms with Crippen LogP contribution in [0, 0.1) is 0 Å². The maximum Gasteiger partial charge on any atom is 0.119 e. The summed E-state index contributed by atoms with van der Waals surface area (Å²) >= 11 is 0. The van der Waals surface area contributed by atoms with Gasteiger partial charge in [-0.3, -0.25) is 9.80 Å². The third kappa shape index (κ3) is 8.45. The van der Waals surface area contributed by atoms with E-state index in [1.165, 1.54) is 0 Å². The largest absolute Gasteiger partial charge is 0.497 e. The van der Waals surface area contributed by atoms with Crippen molar-refractivity contribution in [3.05, 3.63) is 24.3 Å². The highest BCUT2D eigenvalue weighted by Crippen LogP contribution is 2.17. The fourth-order valence-electron chi connectivity index (χ4n) is 3.02. The van der Waals surface area contributed by atoms with Gasteiger partial charge in [-0.25, -0.2) is 0 Å². The van der Waals surface area contributed by atoms with Gasteiger partial charge >= 0.3 is 0 Å². The molecule has 1 aliphatic heterocycles. The molecule has 0 bridgehead atoms. The number of rotatable bonds is 11. The number of nitrogens with zero attached hydrogens (tertiary/aromatic N) is 2. The van der Waals surface area contributed by atoms with Crippen LogP contribution < -0.4 is 9.47 Å². The lowest BCUT2D eigenvalue weighted by atomic mass is 10.2. The minimum atomic E-state index is -0.538. The summed E-state index contributed by atoms with van der Waals surface area (Å²) in [5.74, 6) is 1.50. The van der Waals surface area contributed by atoms with Gasteiger partial charge in [-0.05, 0) is 38.1 Å². The van der Waals surface area contributed by atoms with Crippen LogP contribution in [0.5, 0.6) is 11.5 Å². The molecule has 0 radical (unpaired) electrons. The van der Waals surface area contributed by atoms with E-state index in [4.69, 9.17) is 14.2 Å². The van der Waals surface area contributed by atoms with Crippen molar-refractivity contribution >= 4 is 0 Å². The Morgan fingerprint density at radius 2 is 1.33 bits per heavy atom. The van der Waals surface area contributed by atoms with Crippen LogP contribution in [0.25, 0.3) is 0 Å². The molecule has 2 N–H and O–H groups in total. The van der Waals surface area contributed by atoms with E-state index in [9.17, 15) is 10.2 Å². The summed E-state index contributed by atoms with van der Waals surface area (Å²) < 4.78 is 16.2. The highest BCUT2D eigenvalue weighted by atomic mass is 16.5. The number of piperazine rings is 1. The molecule has 1 aliphatic rings. The zero-order chi connectivity index (χ0) is 19.6. The number of benzene rings is 1. The maximum absolute atomic E-state index is 10.2. The summed E-state index contributed by atoms with van der Waals surface area (Å²) in [5, 5.41) is 20.3. The van der Waals surface area contributed by atoms with Gasteiger partial charge in [0.05, 0.1) is 25.9 Å². The predicted molar refractivity (Wildman–Crippen MR) is 104 cm³/mol. The number of aliphatic hydroxyl groups is 2. The van der Waals surface area contributed by atoms with Crippen LogP contribution in [0.4, 0.5) is 0 Å². The monoisotopic (exact) mass is 382 g/mol. The van der Waals surface area contributed by atoms with Crippen molar-refractivity contribution in [2.45, 2.75) is 32.2 Å². The van der Waals surface area contributed by atoms with Crippen LogP contribution in [0.2, 0.25) is 0 Å². The highest BCUT2D eigenvalue weighted by Gasteiger charge is 2.21. The normalized spacial score (nSPS) is 18.4. The van der Waals surface area contributed by atoms with Crippen molar-refractivity contribution in [1.82, 2.24) is 9.80 Å². The SMILES string of the molecule is COc1ccc(OC[C@@H](O)CN2CCN(C[C@@H](O)COC(C)C)CC2)cc1. The predicted octanol–water partition coefficient (Wildman–Crippen LogP) is 0.838. The third-order valence-electron chi connectivity index (χ3n) is 4.53. The molecule has 0 aliphatic carbocycles. The Hall–Kier alpha value is -1.38. The van der Waals surface area contributed by atoms with Crippen molar-refractivity contribution in [1.29, 1.82) is 0 Å². The van der Waals surface area contributed by atoms with E-state index in [0.29, 0.717) is 19.7 Å². The second-order valence-corrected chi connectivity index (χ2v) is 7.28. The van der Waals surface area contributed by atoms with E-state index in [2.05, 4.69) is 9.80 Å². The zero-order valence-electron chi connectivity index (χ0n) is 16.7. The van der Waals surface area contributed by atoms with Gasteiger partial charge in [0.1, 0.15) is 24.2 Å². The number of aliphatic hydroxyl groups excluding tert-OH is 2. The van der Waals surface area contributed by atoms with Gasteiger partial charge in [-0.1, -0.05) is 0 Å². The van der Waals surface area contributed by atoms with Crippen LogP contribution in [0.15, 0.2) is 24.3 Å². The maximum atomic E-state index is 10.2. The van der Waals surface area contributed by atoms with Gasteiger partial charge in [0, 0.05) is 39.3 Å². The molecule has 0 saturated carbocycles. The smallest absolute Gasteiger partial charge is 0.119 e. The second kappa shape index (κ2) is 11.5. The average Bonchev–Trinajstić information content (AvgIpc) is 2.66. The first-order chi connectivity index (χ1) is 13.0. The quantitative estimate of drug-likeness (QED) is 0.587. The molecule has 2 atom stereocenters. The fraction of sp³-hybridized carbons (Fsp3) is 0.700. The van der Waals surface area contributed by atoms with E-state index in [0.717, 1.165) is 37.7 Å². The summed E-state index contributed by atoms with van der Waals surface area (Å²) in [7, 11) is 1.62. The van der Waals surface area contributed by atoms with Crippen LogP contribution in [0.1, 0.15) is 13.8 Å². The number of β-amino-alcohol motifs (C(OH)–C–C–N with tert-alkyl or cyclic N) is 2. The van der Waals surface area contributed by atoms with E-state index < -0.39 is 12.2 Å².